The highest BCUT2D eigenvalue weighted by Crippen LogP contribution is 2.55. The Kier molecular flexibility index (Phi) is 5.19. The van der Waals surface area contributed by atoms with Crippen molar-refractivity contribution >= 4 is 35.0 Å². The summed E-state index contributed by atoms with van der Waals surface area (Å²) in [5.41, 5.74) is 3.52. The Labute approximate surface area is 202 Å². The van der Waals surface area contributed by atoms with Crippen molar-refractivity contribution in [3.8, 4) is 0 Å². The summed E-state index contributed by atoms with van der Waals surface area (Å²) in [6, 6.07) is 24.0. The maximum Gasteiger partial charge on any atom is 0.269 e. The topological polar surface area (TPSA) is 43.9 Å². The first kappa shape index (κ1) is 21.4. The molecular formula is C27H24FN3O2S. The summed E-state index contributed by atoms with van der Waals surface area (Å²) in [7, 11) is 0. The van der Waals surface area contributed by atoms with Gasteiger partial charge in [0.1, 0.15) is 5.82 Å². The fourth-order valence-corrected chi connectivity index (χ4v) is 6.80. The number of halogens is 1. The summed E-state index contributed by atoms with van der Waals surface area (Å²) >= 11 is 1.35. The van der Waals surface area contributed by atoms with Gasteiger partial charge in [0, 0.05) is 24.3 Å². The molecule has 0 radical (unpaired) electrons. The van der Waals surface area contributed by atoms with E-state index in [0.29, 0.717) is 18.3 Å². The van der Waals surface area contributed by atoms with Gasteiger partial charge >= 0.3 is 0 Å². The Morgan fingerprint density at radius 3 is 2.47 bits per heavy atom. The number of amides is 2. The van der Waals surface area contributed by atoms with E-state index < -0.39 is 4.87 Å². The van der Waals surface area contributed by atoms with Gasteiger partial charge in [-0.3, -0.25) is 24.3 Å². The lowest BCUT2D eigenvalue weighted by Gasteiger charge is -2.33. The van der Waals surface area contributed by atoms with Crippen LogP contribution in [0.2, 0.25) is 0 Å². The number of para-hydroxylation sites is 1. The van der Waals surface area contributed by atoms with E-state index in [1.54, 1.807) is 17.0 Å². The third-order valence-electron chi connectivity index (χ3n) is 7.03. The van der Waals surface area contributed by atoms with Gasteiger partial charge in [0.2, 0.25) is 10.8 Å². The standard InChI is InChI=1S/C27H24FN3O2S/c28-21-10-12-22(13-11-21)31-25(32)17-34-27(31)23-8-4-5-9-24(23)30(26(27)33)18-29-15-14-20(16-29)19-6-2-1-3-7-19/h1-13,20H,14-18H2/t20-,27-/m0/s1. The molecule has 1 spiro atoms. The van der Waals surface area contributed by atoms with Crippen LogP contribution in [0.3, 0.4) is 0 Å². The second-order valence-electron chi connectivity index (χ2n) is 9.00. The van der Waals surface area contributed by atoms with Crippen LogP contribution in [-0.2, 0) is 14.5 Å². The van der Waals surface area contributed by atoms with Crippen LogP contribution in [0.5, 0.6) is 0 Å². The molecule has 6 rings (SSSR count). The quantitative estimate of drug-likeness (QED) is 0.558. The van der Waals surface area contributed by atoms with E-state index >= 15 is 0 Å². The van der Waals surface area contributed by atoms with E-state index in [1.165, 1.54) is 29.5 Å². The Hall–Kier alpha value is -3.16. The normalized spacial score (nSPS) is 24.4. The Balaban J connectivity index is 1.33. The largest absolute Gasteiger partial charge is 0.295 e. The third-order valence-corrected chi connectivity index (χ3v) is 8.42. The minimum atomic E-state index is -1.16. The lowest BCUT2D eigenvalue weighted by atomic mass is 9.99. The zero-order valence-corrected chi connectivity index (χ0v) is 19.4. The van der Waals surface area contributed by atoms with Crippen LogP contribution in [-0.4, -0.2) is 42.2 Å². The van der Waals surface area contributed by atoms with E-state index in [2.05, 4.69) is 29.2 Å². The monoisotopic (exact) mass is 473 g/mol. The SMILES string of the molecule is O=C1CS[C@@]2(C(=O)N(CN3CC[C@H](c4ccccc4)C3)c3ccccc32)N1c1ccc(F)cc1. The highest BCUT2D eigenvalue weighted by Gasteiger charge is 2.61. The van der Waals surface area contributed by atoms with Gasteiger partial charge in [0.25, 0.3) is 5.91 Å². The number of rotatable bonds is 4. The van der Waals surface area contributed by atoms with Crippen LogP contribution in [0.15, 0.2) is 78.9 Å². The lowest BCUT2D eigenvalue weighted by Crippen LogP contribution is -2.51. The summed E-state index contributed by atoms with van der Waals surface area (Å²) in [5.74, 6) is 0.00884. The average Bonchev–Trinajstić information content (AvgIpc) is 3.54. The number of benzene rings is 3. The van der Waals surface area contributed by atoms with Crippen LogP contribution in [0.25, 0.3) is 0 Å². The Morgan fingerprint density at radius 1 is 0.941 bits per heavy atom. The maximum absolute atomic E-state index is 14.1. The summed E-state index contributed by atoms with van der Waals surface area (Å²) in [6.07, 6.45) is 1.05. The highest BCUT2D eigenvalue weighted by atomic mass is 32.2. The molecule has 5 nitrogen and oxygen atoms in total. The molecule has 2 saturated heterocycles. The third kappa shape index (κ3) is 3.26. The van der Waals surface area contributed by atoms with Gasteiger partial charge < -0.3 is 0 Å². The molecule has 3 aliphatic heterocycles. The van der Waals surface area contributed by atoms with Crippen molar-refractivity contribution in [2.75, 3.05) is 35.3 Å². The molecule has 2 atom stereocenters. The zero-order valence-electron chi connectivity index (χ0n) is 18.6. The molecule has 2 fully saturated rings. The molecule has 34 heavy (non-hydrogen) atoms. The number of carbonyl (C=O) groups is 2. The minimum Gasteiger partial charge on any atom is -0.295 e. The van der Waals surface area contributed by atoms with Gasteiger partial charge in [-0.2, -0.15) is 0 Å². The molecule has 3 aromatic rings. The molecule has 2 amide bonds. The van der Waals surface area contributed by atoms with Crippen molar-refractivity contribution in [2.45, 2.75) is 17.2 Å². The summed E-state index contributed by atoms with van der Waals surface area (Å²) in [4.78, 5) is 31.7. The van der Waals surface area contributed by atoms with E-state index in [-0.39, 0.29) is 23.4 Å². The van der Waals surface area contributed by atoms with Gasteiger partial charge in [-0.25, -0.2) is 4.39 Å². The molecule has 0 N–H and O–H groups in total. The Bertz CT molecular complexity index is 1250. The first-order valence-corrected chi connectivity index (χ1v) is 12.5. The van der Waals surface area contributed by atoms with Crippen LogP contribution >= 0.6 is 11.8 Å². The number of anilines is 2. The molecule has 3 heterocycles. The minimum absolute atomic E-state index is 0.114. The molecule has 0 saturated carbocycles. The van der Waals surface area contributed by atoms with Crippen LogP contribution in [0, 0.1) is 5.82 Å². The zero-order chi connectivity index (χ0) is 23.3. The molecule has 0 aromatic heterocycles. The number of hydrogen-bond donors (Lipinski definition) is 0. The van der Waals surface area contributed by atoms with E-state index in [9.17, 15) is 14.0 Å². The van der Waals surface area contributed by atoms with Crippen molar-refractivity contribution in [2.24, 2.45) is 0 Å². The Morgan fingerprint density at radius 2 is 1.68 bits per heavy atom. The second kappa shape index (κ2) is 8.25. The van der Waals surface area contributed by atoms with Gasteiger partial charge in [0.15, 0.2) is 0 Å². The molecule has 0 aliphatic carbocycles. The fourth-order valence-electron chi connectivity index (χ4n) is 5.44. The number of likely N-dealkylation sites (tertiary alicyclic amines) is 1. The molecule has 7 heteroatoms. The molecule has 172 valence electrons. The van der Waals surface area contributed by atoms with E-state index in [4.69, 9.17) is 0 Å². The van der Waals surface area contributed by atoms with Crippen molar-refractivity contribution in [3.05, 3.63) is 95.8 Å². The van der Waals surface area contributed by atoms with Gasteiger partial charge in [-0.1, -0.05) is 48.5 Å². The maximum atomic E-state index is 14.1. The van der Waals surface area contributed by atoms with Crippen LogP contribution in [0.1, 0.15) is 23.5 Å². The first-order chi connectivity index (χ1) is 16.6. The predicted octanol–water partition coefficient (Wildman–Crippen LogP) is 4.55. The molecule has 0 unspecified atom stereocenters. The fraction of sp³-hybridized carbons (Fsp3) is 0.259. The van der Waals surface area contributed by atoms with Crippen molar-refractivity contribution in [1.29, 1.82) is 0 Å². The molecule has 3 aliphatic rings. The lowest BCUT2D eigenvalue weighted by molar-refractivity contribution is -0.123. The van der Waals surface area contributed by atoms with Crippen molar-refractivity contribution in [3.63, 3.8) is 0 Å². The van der Waals surface area contributed by atoms with Crippen molar-refractivity contribution in [1.82, 2.24) is 4.90 Å². The molecular weight excluding hydrogens is 449 g/mol. The first-order valence-electron chi connectivity index (χ1n) is 11.5. The smallest absolute Gasteiger partial charge is 0.269 e. The van der Waals surface area contributed by atoms with Gasteiger partial charge in [0.05, 0.1) is 18.1 Å². The number of nitrogens with zero attached hydrogens (tertiary/aromatic N) is 3. The average molecular weight is 474 g/mol. The van der Waals surface area contributed by atoms with E-state index in [0.717, 1.165) is 30.8 Å². The summed E-state index contributed by atoms with van der Waals surface area (Å²) < 4.78 is 13.6. The number of fused-ring (bicyclic) bond motifs is 2. The van der Waals surface area contributed by atoms with Crippen LogP contribution in [0.4, 0.5) is 15.8 Å². The van der Waals surface area contributed by atoms with E-state index in [1.807, 2.05) is 35.2 Å². The van der Waals surface area contributed by atoms with Gasteiger partial charge in [-0.15, -0.1) is 11.8 Å². The van der Waals surface area contributed by atoms with Gasteiger partial charge in [-0.05, 0) is 48.2 Å². The second-order valence-corrected chi connectivity index (χ2v) is 10.2. The molecule has 3 aromatic carbocycles. The highest BCUT2D eigenvalue weighted by molar-refractivity contribution is 8.02. The number of thioether (sulfide) groups is 1. The number of hydrogen-bond acceptors (Lipinski definition) is 4. The predicted molar refractivity (Wildman–Crippen MR) is 132 cm³/mol. The number of carbonyl (C=O) groups excluding carboxylic acids is 2. The van der Waals surface area contributed by atoms with Crippen molar-refractivity contribution < 1.29 is 14.0 Å². The molecule has 0 bridgehead atoms. The summed E-state index contributed by atoms with van der Waals surface area (Å²) in [6.45, 7) is 2.27. The summed E-state index contributed by atoms with van der Waals surface area (Å²) in [5, 5.41) is 0. The van der Waals surface area contributed by atoms with Crippen LogP contribution < -0.4 is 9.80 Å².